The third kappa shape index (κ3) is 5.11. The Kier molecular flexibility index (Phi) is 3.80. The van der Waals surface area contributed by atoms with Crippen molar-refractivity contribution in [3.63, 3.8) is 0 Å². The SMILES string of the molecule is C=CCC(=O)OC(=C)Cl. The molecule has 0 atom stereocenters. The number of halogens is 1. The number of carbonyl (C=O) groups excluding carboxylic acids is 1. The molecule has 0 aromatic rings. The molecule has 0 unspecified atom stereocenters. The lowest BCUT2D eigenvalue weighted by molar-refractivity contribution is -0.137. The Morgan fingerprint density at radius 3 is 2.67 bits per heavy atom. The zero-order chi connectivity index (χ0) is 7.28. The monoisotopic (exact) mass is 146 g/mol. The summed E-state index contributed by atoms with van der Waals surface area (Å²) in [5, 5.41) is -0.109. The maximum absolute atomic E-state index is 10.4. The fourth-order valence-corrected chi connectivity index (χ4v) is 0.369. The van der Waals surface area contributed by atoms with E-state index in [9.17, 15) is 4.79 Å². The maximum atomic E-state index is 10.4. The highest BCUT2D eigenvalue weighted by Crippen LogP contribution is 2.00. The fraction of sp³-hybridized carbons (Fsp3) is 0.167. The summed E-state index contributed by atoms with van der Waals surface area (Å²) in [7, 11) is 0. The minimum atomic E-state index is -0.440. The van der Waals surface area contributed by atoms with Gasteiger partial charge in [0, 0.05) is 0 Å². The van der Waals surface area contributed by atoms with E-state index >= 15 is 0 Å². The first kappa shape index (κ1) is 8.24. The van der Waals surface area contributed by atoms with Gasteiger partial charge < -0.3 is 4.74 Å². The average Bonchev–Trinajstić information content (AvgIpc) is 1.63. The Balaban J connectivity index is 3.50. The van der Waals surface area contributed by atoms with Crippen molar-refractivity contribution in [2.24, 2.45) is 0 Å². The standard InChI is InChI=1S/C6H7ClO2/c1-3-4-6(8)9-5(2)7/h3H,1-2,4H2. The molecular weight excluding hydrogens is 140 g/mol. The molecule has 0 saturated heterocycles. The van der Waals surface area contributed by atoms with E-state index in [0.29, 0.717) is 0 Å². The van der Waals surface area contributed by atoms with E-state index in [1.54, 1.807) is 0 Å². The molecule has 9 heavy (non-hydrogen) atoms. The van der Waals surface area contributed by atoms with Gasteiger partial charge in [0.2, 0.25) is 0 Å². The van der Waals surface area contributed by atoms with E-state index in [-0.39, 0.29) is 11.6 Å². The molecule has 0 aromatic carbocycles. The molecule has 3 heteroatoms. The Hall–Kier alpha value is -0.760. The minimum absolute atomic E-state index is 0.109. The molecule has 0 heterocycles. The summed E-state index contributed by atoms with van der Waals surface area (Å²) in [4.78, 5) is 10.4. The number of carbonyl (C=O) groups is 1. The van der Waals surface area contributed by atoms with Gasteiger partial charge in [0.1, 0.15) is 0 Å². The van der Waals surface area contributed by atoms with Crippen LogP contribution in [0.1, 0.15) is 6.42 Å². The topological polar surface area (TPSA) is 26.3 Å². The predicted molar refractivity (Wildman–Crippen MR) is 35.9 cm³/mol. The van der Waals surface area contributed by atoms with Gasteiger partial charge >= 0.3 is 5.97 Å². The van der Waals surface area contributed by atoms with Crippen molar-refractivity contribution in [3.05, 3.63) is 24.5 Å². The van der Waals surface area contributed by atoms with E-state index < -0.39 is 5.97 Å². The average molecular weight is 147 g/mol. The van der Waals surface area contributed by atoms with Crippen LogP contribution in [0.2, 0.25) is 0 Å². The lowest BCUT2D eigenvalue weighted by atomic mass is 10.4. The Morgan fingerprint density at radius 1 is 1.78 bits per heavy atom. The molecule has 50 valence electrons. The largest absolute Gasteiger partial charge is 0.414 e. The van der Waals surface area contributed by atoms with Crippen LogP contribution in [0, 0.1) is 0 Å². The van der Waals surface area contributed by atoms with Gasteiger partial charge in [0.15, 0.2) is 5.22 Å². The quantitative estimate of drug-likeness (QED) is 0.345. The van der Waals surface area contributed by atoms with Crippen molar-refractivity contribution >= 4 is 17.6 Å². The van der Waals surface area contributed by atoms with E-state index in [1.807, 2.05) is 0 Å². The molecular formula is C6H7ClO2. The highest BCUT2D eigenvalue weighted by Gasteiger charge is 1.98. The van der Waals surface area contributed by atoms with Crippen LogP contribution in [-0.4, -0.2) is 5.97 Å². The second kappa shape index (κ2) is 4.15. The maximum Gasteiger partial charge on any atom is 0.315 e. The van der Waals surface area contributed by atoms with Gasteiger partial charge in [0.25, 0.3) is 0 Å². The van der Waals surface area contributed by atoms with Crippen molar-refractivity contribution in [3.8, 4) is 0 Å². The molecule has 0 aliphatic carbocycles. The number of esters is 1. The number of hydrogen-bond donors (Lipinski definition) is 0. The molecule has 0 spiro atoms. The predicted octanol–water partition coefficient (Wildman–Crippen LogP) is 1.82. The van der Waals surface area contributed by atoms with Crippen LogP contribution in [0.15, 0.2) is 24.5 Å². The molecule has 0 N–H and O–H groups in total. The molecule has 0 aromatic heterocycles. The fourth-order valence-electron chi connectivity index (χ4n) is 0.283. The van der Waals surface area contributed by atoms with Gasteiger partial charge in [-0.25, -0.2) is 0 Å². The molecule has 0 bridgehead atoms. The normalized spacial score (nSPS) is 8.11. The van der Waals surface area contributed by atoms with Crippen molar-refractivity contribution in [1.29, 1.82) is 0 Å². The third-order valence-corrected chi connectivity index (χ3v) is 0.613. The zero-order valence-corrected chi connectivity index (χ0v) is 5.65. The first-order chi connectivity index (χ1) is 4.16. The van der Waals surface area contributed by atoms with Crippen LogP contribution < -0.4 is 0 Å². The van der Waals surface area contributed by atoms with Crippen molar-refractivity contribution in [2.45, 2.75) is 6.42 Å². The van der Waals surface area contributed by atoms with Crippen LogP contribution >= 0.6 is 11.6 Å². The molecule has 2 nitrogen and oxygen atoms in total. The summed E-state index contributed by atoms with van der Waals surface area (Å²) in [6.07, 6.45) is 1.59. The summed E-state index contributed by atoms with van der Waals surface area (Å²) in [6.45, 7) is 6.50. The van der Waals surface area contributed by atoms with Gasteiger partial charge in [0.05, 0.1) is 6.42 Å². The molecule has 0 fully saturated rings. The van der Waals surface area contributed by atoms with Crippen LogP contribution in [0.5, 0.6) is 0 Å². The Morgan fingerprint density at radius 2 is 2.33 bits per heavy atom. The zero-order valence-electron chi connectivity index (χ0n) is 4.89. The first-order valence-corrected chi connectivity index (χ1v) is 2.70. The summed E-state index contributed by atoms with van der Waals surface area (Å²) < 4.78 is 4.35. The van der Waals surface area contributed by atoms with E-state index in [4.69, 9.17) is 11.6 Å². The number of rotatable bonds is 3. The van der Waals surface area contributed by atoms with Crippen LogP contribution in [0.25, 0.3) is 0 Å². The molecule has 0 saturated carbocycles. The lowest BCUT2D eigenvalue weighted by Crippen LogP contribution is -1.98. The summed E-state index contributed by atoms with van der Waals surface area (Å²) >= 11 is 5.14. The van der Waals surface area contributed by atoms with Gasteiger partial charge in [-0.05, 0) is 18.2 Å². The smallest absolute Gasteiger partial charge is 0.315 e. The van der Waals surface area contributed by atoms with Crippen molar-refractivity contribution in [1.82, 2.24) is 0 Å². The van der Waals surface area contributed by atoms with E-state index in [1.165, 1.54) is 6.08 Å². The van der Waals surface area contributed by atoms with Gasteiger partial charge in [-0.1, -0.05) is 6.08 Å². The Bertz CT molecular complexity index is 140. The van der Waals surface area contributed by atoms with Crippen molar-refractivity contribution in [2.75, 3.05) is 0 Å². The summed E-state index contributed by atoms with van der Waals surface area (Å²) in [5.74, 6) is -0.440. The molecule has 0 radical (unpaired) electrons. The van der Waals surface area contributed by atoms with Gasteiger partial charge in [-0.2, -0.15) is 0 Å². The molecule has 0 aliphatic rings. The minimum Gasteiger partial charge on any atom is -0.414 e. The second-order valence-corrected chi connectivity index (χ2v) is 1.74. The van der Waals surface area contributed by atoms with Crippen molar-refractivity contribution < 1.29 is 9.53 Å². The number of hydrogen-bond acceptors (Lipinski definition) is 2. The van der Waals surface area contributed by atoms with Crippen LogP contribution in [0.3, 0.4) is 0 Å². The van der Waals surface area contributed by atoms with Gasteiger partial charge in [-0.3, -0.25) is 4.79 Å². The lowest BCUT2D eigenvalue weighted by Gasteiger charge is -1.95. The number of ether oxygens (including phenoxy) is 1. The highest BCUT2D eigenvalue weighted by molar-refractivity contribution is 6.28. The highest BCUT2D eigenvalue weighted by atomic mass is 35.5. The molecule has 0 amide bonds. The summed E-state index contributed by atoms with van der Waals surface area (Å²) in [6, 6.07) is 0. The Labute approximate surface area is 58.8 Å². The first-order valence-electron chi connectivity index (χ1n) is 2.32. The molecule has 0 aliphatic heterocycles. The van der Waals surface area contributed by atoms with E-state index in [2.05, 4.69) is 17.9 Å². The third-order valence-electron chi connectivity index (χ3n) is 0.536. The second-order valence-electron chi connectivity index (χ2n) is 1.32. The molecule has 0 rings (SSSR count). The van der Waals surface area contributed by atoms with Gasteiger partial charge in [-0.15, -0.1) is 6.58 Å². The summed E-state index contributed by atoms with van der Waals surface area (Å²) in [5.41, 5.74) is 0. The van der Waals surface area contributed by atoms with E-state index in [0.717, 1.165) is 0 Å². The van der Waals surface area contributed by atoms with Crippen LogP contribution in [0.4, 0.5) is 0 Å². The van der Waals surface area contributed by atoms with Crippen LogP contribution in [-0.2, 0) is 9.53 Å².